The third-order valence-electron chi connectivity index (χ3n) is 2.50. The number of ketones is 1. The molecule has 14 heavy (non-hydrogen) atoms. The summed E-state index contributed by atoms with van der Waals surface area (Å²) in [6, 6.07) is 0. The summed E-state index contributed by atoms with van der Waals surface area (Å²) in [7, 11) is 0. The summed E-state index contributed by atoms with van der Waals surface area (Å²) >= 11 is 1.77. The molecule has 1 aliphatic rings. The van der Waals surface area contributed by atoms with E-state index in [9.17, 15) is 4.79 Å². The van der Waals surface area contributed by atoms with Gasteiger partial charge in [0.1, 0.15) is 0 Å². The zero-order valence-electron chi connectivity index (χ0n) is 8.27. The highest BCUT2D eigenvalue weighted by Gasteiger charge is 2.27. The van der Waals surface area contributed by atoms with E-state index in [1.807, 2.05) is 17.7 Å². The number of carbonyl (C=O) groups is 1. The molecular weight excluding hydrogens is 196 g/mol. The number of Topliss-reactive ketones (excluding diaryl/α,β-unsaturated/α-hetero) is 1. The van der Waals surface area contributed by atoms with Crippen LogP contribution in [0.4, 0.5) is 0 Å². The normalized spacial score (nSPS) is 21.4. The number of imidazole rings is 1. The van der Waals surface area contributed by atoms with Crippen molar-refractivity contribution in [2.24, 2.45) is 0 Å². The maximum absolute atomic E-state index is 12.0. The first-order valence-electron chi connectivity index (χ1n) is 5.00. The topological polar surface area (TPSA) is 34.9 Å². The number of thioether (sulfide) groups is 1. The van der Waals surface area contributed by atoms with E-state index in [4.69, 9.17) is 0 Å². The number of carbonyl (C=O) groups excluding carboxylic acids is 1. The Hall–Kier alpha value is -0.770. The third kappa shape index (κ3) is 1.71. The number of hydrogen-bond donors (Lipinski definition) is 0. The lowest BCUT2D eigenvalue weighted by atomic mass is 10.2. The molecular formula is C10H14N2OS. The first kappa shape index (κ1) is 9.77. The SMILES string of the molecule is CCn1ccnc1C(=O)C1CCCS1. The lowest BCUT2D eigenvalue weighted by Gasteiger charge is -2.07. The van der Waals surface area contributed by atoms with Crippen molar-refractivity contribution in [2.75, 3.05) is 5.75 Å². The van der Waals surface area contributed by atoms with Gasteiger partial charge in [-0.3, -0.25) is 4.79 Å². The summed E-state index contributed by atoms with van der Waals surface area (Å²) in [5.74, 6) is 1.95. The van der Waals surface area contributed by atoms with Crippen LogP contribution in [-0.4, -0.2) is 26.3 Å². The predicted octanol–water partition coefficient (Wildman–Crippen LogP) is 1.98. The molecule has 1 aromatic rings. The molecule has 0 N–H and O–H groups in total. The average molecular weight is 210 g/mol. The second kappa shape index (κ2) is 4.17. The summed E-state index contributed by atoms with van der Waals surface area (Å²) < 4.78 is 1.92. The molecule has 0 radical (unpaired) electrons. The van der Waals surface area contributed by atoms with Crippen molar-refractivity contribution in [3.63, 3.8) is 0 Å². The minimum Gasteiger partial charge on any atom is -0.329 e. The second-order valence-electron chi connectivity index (χ2n) is 3.40. The van der Waals surface area contributed by atoms with Gasteiger partial charge in [-0.25, -0.2) is 4.98 Å². The zero-order chi connectivity index (χ0) is 9.97. The third-order valence-corrected chi connectivity index (χ3v) is 3.88. The quantitative estimate of drug-likeness (QED) is 0.715. The molecule has 0 amide bonds. The Morgan fingerprint density at radius 3 is 3.29 bits per heavy atom. The van der Waals surface area contributed by atoms with Crippen LogP contribution in [0.25, 0.3) is 0 Å². The van der Waals surface area contributed by atoms with E-state index in [1.54, 1.807) is 18.0 Å². The van der Waals surface area contributed by atoms with Crippen molar-refractivity contribution in [2.45, 2.75) is 31.6 Å². The van der Waals surface area contributed by atoms with Gasteiger partial charge in [-0.15, -0.1) is 0 Å². The number of aryl methyl sites for hydroxylation is 1. The fraction of sp³-hybridized carbons (Fsp3) is 0.600. The molecule has 0 bridgehead atoms. The highest BCUT2D eigenvalue weighted by molar-refractivity contribution is 8.00. The molecule has 1 aromatic heterocycles. The van der Waals surface area contributed by atoms with Crippen molar-refractivity contribution in [3.8, 4) is 0 Å². The van der Waals surface area contributed by atoms with Crippen LogP contribution in [0.5, 0.6) is 0 Å². The molecule has 3 nitrogen and oxygen atoms in total. The van der Waals surface area contributed by atoms with Gasteiger partial charge < -0.3 is 4.57 Å². The Labute approximate surface area is 87.9 Å². The smallest absolute Gasteiger partial charge is 0.211 e. The van der Waals surface area contributed by atoms with Gasteiger partial charge in [0.05, 0.1) is 5.25 Å². The highest BCUT2D eigenvalue weighted by Crippen LogP contribution is 2.28. The van der Waals surface area contributed by atoms with Crippen LogP contribution in [0.2, 0.25) is 0 Å². The van der Waals surface area contributed by atoms with Gasteiger partial charge in [0, 0.05) is 18.9 Å². The Kier molecular flexibility index (Phi) is 2.91. The highest BCUT2D eigenvalue weighted by atomic mass is 32.2. The molecule has 1 saturated heterocycles. The lowest BCUT2D eigenvalue weighted by Crippen LogP contribution is -2.19. The summed E-state index contributed by atoms with van der Waals surface area (Å²) in [6.45, 7) is 2.85. The molecule has 76 valence electrons. The number of nitrogens with zero attached hydrogens (tertiary/aromatic N) is 2. The van der Waals surface area contributed by atoms with Gasteiger partial charge in [0.15, 0.2) is 5.82 Å². The van der Waals surface area contributed by atoms with E-state index in [2.05, 4.69) is 4.98 Å². The Morgan fingerprint density at radius 2 is 2.64 bits per heavy atom. The molecule has 0 saturated carbocycles. The van der Waals surface area contributed by atoms with Crippen LogP contribution in [0.15, 0.2) is 12.4 Å². The molecule has 0 spiro atoms. The standard InChI is InChI=1S/C10H14N2OS/c1-2-12-6-5-11-10(12)9(13)8-4-3-7-14-8/h5-6,8H,2-4,7H2,1H3. The van der Waals surface area contributed by atoms with Gasteiger partial charge in [0.25, 0.3) is 0 Å². The summed E-state index contributed by atoms with van der Waals surface area (Å²) in [5.41, 5.74) is 0. The van der Waals surface area contributed by atoms with Crippen LogP contribution in [0.3, 0.4) is 0 Å². The van der Waals surface area contributed by atoms with E-state index in [-0.39, 0.29) is 11.0 Å². The largest absolute Gasteiger partial charge is 0.329 e. The van der Waals surface area contributed by atoms with Crippen LogP contribution in [0, 0.1) is 0 Å². The molecule has 2 heterocycles. The minimum absolute atomic E-state index is 0.155. The van der Waals surface area contributed by atoms with E-state index in [0.29, 0.717) is 5.82 Å². The first-order chi connectivity index (χ1) is 6.83. The fourth-order valence-corrected chi connectivity index (χ4v) is 2.93. The fourth-order valence-electron chi connectivity index (χ4n) is 1.72. The zero-order valence-corrected chi connectivity index (χ0v) is 9.09. The maximum atomic E-state index is 12.0. The van der Waals surface area contributed by atoms with Crippen molar-refractivity contribution in [3.05, 3.63) is 18.2 Å². The first-order valence-corrected chi connectivity index (χ1v) is 6.04. The Bertz CT molecular complexity index is 329. The van der Waals surface area contributed by atoms with Crippen LogP contribution < -0.4 is 0 Å². The molecule has 1 atom stereocenters. The Balaban J connectivity index is 2.17. The van der Waals surface area contributed by atoms with Gasteiger partial charge in [-0.1, -0.05) is 0 Å². The molecule has 1 fully saturated rings. The van der Waals surface area contributed by atoms with Gasteiger partial charge >= 0.3 is 0 Å². The predicted molar refractivity (Wildman–Crippen MR) is 57.7 cm³/mol. The molecule has 0 aliphatic carbocycles. The summed E-state index contributed by atoms with van der Waals surface area (Å²) in [6.07, 6.45) is 5.75. The van der Waals surface area contributed by atoms with Crippen molar-refractivity contribution in [1.82, 2.24) is 9.55 Å². The molecule has 4 heteroatoms. The minimum atomic E-state index is 0.155. The average Bonchev–Trinajstić information content (AvgIpc) is 2.87. The van der Waals surface area contributed by atoms with E-state index in [0.717, 1.165) is 25.1 Å². The number of rotatable bonds is 3. The lowest BCUT2D eigenvalue weighted by molar-refractivity contribution is 0.0974. The molecule has 2 rings (SSSR count). The number of aromatic nitrogens is 2. The second-order valence-corrected chi connectivity index (χ2v) is 4.71. The summed E-state index contributed by atoms with van der Waals surface area (Å²) in [4.78, 5) is 16.1. The molecule has 0 aromatic carbocycles. The van der Waals surface area contributed by atoms with Gasteiger partial charge in [0.2, 0.25) is 5.78 Å². The van der Waals surface area contributed by atoms with Crippen LogP contribution >= 0.6 is 11.8 Å². The van der Waals surface area contributed by atoms with E-state index >= 15 is 0 Å². The van der Waals surface area contributed by atoms with Gasteiger partial charge in [-0.2, -0.15) is 11.8 Å². The van der Waals surface area contributed by atoms with Crippen molar-refractivity contribution < 1.29 is 4.79 Å². The van der Waals surface area contributed by atoms with Crippen molar-refractivity contribution in [1.29, 1.82) is 0 Å². The van der Waals surface area contributed by atoms with Crippen molar-refractivity contribution >= 4 is 17.5 Å². The molecule has 1 aliphatic heterocycles. The molecule has 1 unspecified atom stereocenters. The monoisotopic (exact) mass is 210 g/mol. The number of hydrogen-bond acceptors (Lipinski definition) is 3. The van der Waals surface area contributed by atoms with E-state index < -0.39 is 0 Å². The van der Waals surface area contributed by atoms with Crippen LogP contribution in [-0.2, 0) is 6.54 Å². The van der Waals surface area contributed by atoms with Gasteiger partial charge in [-0.05, 0) is 25.5 Å². The van der Waals surface area contributed by atoms with Crippen LogP contribution in [0.1, 0.15) is 30.4 Å². The summed E-state index contributed by atoms with van der Waals surface area (Å²) in [5, 5.41) is 0.155. The van der Waals surface area contributed by atoms with E-state index in [1.165, 1.54) is 0 Å². The Morgan fingerprint density at radius 1 is 1.79 bits per heavy atom. The maximum Gasteiger partial charge on any atom is 0.211 e.